The summed E-state index contributed by atoms with van der Waals surface area (Å²) in [6.45, 7) is 4.45. The zero-order valence-electron chi connectivity index (χ0n) is 20.0. The monoisotopic (exact) mass is 473 g/mol. The number of aryl methyl sites for hydroxylation is 1. The number of piperidine rings is 1. The van der Waals surface area contributed by atoms with E-state index in [4.69, 9.17) is 9.90 Å². The lowest BCUT2D eigenvalue weighted by atomic mass is 10.0. The second-order valence-electron chi connectivity index (χ2n) is 9.28. The first-order chi connectivity index (χ1) is 15.4. The number of carboxylic acid groups (broad SMARTS) is 1. The van der Waals surface area contributed by atoms with Crippen LogP contribution >= 0.6 is 0 Å². The van der Waals surface area contributed by atoms with Crippen molar-refractivity contribution in [2.75, 3.05) is 32.5 Å². The van der Waals surface area contributed by atoms with E-state index in [-0.39, 0.29) is 12.1 Å². The number of benzene rings is 1. The summed E-state index contributed by atoms with van der Waals surface area (Å²) in [4.78, 5) is 21.0. The molecule has 1 atom stereocenters. The number of anilines is 1. The number of nitrogens with zero attached hydrogens (tertiary/aromatic N) is 1. The molecule has 1 heterocycles. The zero-order valence-corrected chi connectivity index (χ0v) is 20.0. The highest BCUT2D eigenvalue weighted by Crippen LogP contribution is 2.16. The maximum absolute atomic E-state index is 12.2. The van der Waals surface area contributed by atoms with Gasteiger partial charge in [0.2, 0.25) is 0 Å². The Morgan fingerprint density at radius 1 is 1.06 bits per heavy atom. The Morgan fingerprint density at radius 3 is 2.18 bits per heavy atom. The summed E-state index contributed by atoms with van der Waals surface area (Å²) >= 11 is 0. The number of amides is 2. The van der Waals surface area contributed by atoms with Gasteiger partial charge in [0.15, 0.2) is 0 Å². The standard InChI is InChI=1S/C22H37N3O.C2HF3O2/c1-4-5-6-7-8-9-11-19-13-15-20(16-14-19)23-22(26)24-21-12-10-17-25(2,3)18-21;3-2(4,5)1(6)7/h13-16,21H,4-12,17-18H2,1-3H3,(H-,23,24,26);(H,6,7). The predicted molar refractivity (Wildman–Crippen MR) is 122 cm³/mol. The fraction of sp³-hybridized carbons (Fsp3) is 0.667. The molecule has 9 heteroatoms. The number of carboxylic acids is 1. The second kappa shape index (κ2) is 14.1. The molecule has 0 bridgehead atoms. The van der Waals surface area contributed by atoms with Gasteiger partial charge in [-0.3, -0.25) is 0 Å². The Balaban J connectivity index is 0.000000675. The molecule has 2 rings (SSSR count). The van der Waals surface area contributed by atoms with E-state index in [1.54, 1.807) is 0 Å². The molecular weight excluding hydrogens is 435 g/mol. The molecule has 6 nitrogen and oxygen atoms in total. The van der Waals surface area contributed by atoms with Crippen molar-refractivity contribution in [1.82, 2.24) is 5.32 Å². The predicted octanol–water partition coefficient (Wildman–Crippen LogP) is 4.25. The minimum atomic E-state index is -5.19. The molecule has 1 aliphatic rings. The molecule has 33 heavy (non-hydrogen) atoms. The first kappa shape index (κ1) is 28.7. The van der Waals surface area contributed by atoms with Crippen molar-refractivity contribution < 1.29 is 32.3 Å². The number of carbonyl (C=O) groups excluding carboxylic acids is 2. The molecule has 0 aliphatic carbocycles. The van der Waals surface area contributed by atoms with Gasteiger partial charge >= 0.3 is 12.2 Å². The van der Waals surface area contributed by atoms with Crippen LogP contribution < -0.4 is 15.7 Å². The number of alkyl halides is 3. The molecule has 0 aromatic heterocycles. The van der Waals surface area contributed by atoms with Gasteiger partial charge in [-0.05, 0) is 43.4 Å². The Labute approximate surface area is 195 Å². The van der Waals surface area contributed by atoms with Gasteiger partial charge < -0.3 is 25.0 Å². The Kier molecular flexibility index (Phi) is 12.3. The van der Waals surface area contributed by atoms with Crippen LogP contribution in [0.2, 0.25) is 0 Å². The normalized spacial score (nSPS) is 17.5. The average molecular weight is 474 g/mol. The van der Waals surface area contributed by atoms with Crippen molar-refractivity contribution in [3.8, 4) is 0 Å². The van der Waals surface area contributed by atoms with E-state index >= 15 is 0 Å². The quantitative estimate of drug-likeness (QED) is 0.416. The van der Waals surface area contributed by atoms with Crippen LogP contribution in [0.3, 0.4) is 0 Å². The molecule has 1 aromatic carbocycles. The molecule has 0 saturated carbocycles. The number of aliphatic carboxylic acids is 1. The molecular formula is C24H38F3N3O3. The molecule has 1 unspecified atom stereocenters. The number of nitrogens with one attached hydrogen (secondary N) is 2. The Hall–Kier alpha value is -2.29. The van der Waals surface area contributed by atoms with E-state index in [1.165, 1.54) is 57.1 Å². The van der Waals surface area contributed by atoms with E-state index in [0.29, 0.717) is 0 Å². The van der Waals surface area contributed by atoms with Crippen LogP contribution in [-0.4, -0.2) is 55.9 Å². The van der Waals surface area contributed by atoms with Crippen molar-refractivity contribution in [2.45, 2.75) is 76.9 Å². The lowest BCUT2D eigenvalue weighted by Crippen LogP contribution is -2.55. The topological polar surface area (TPSA) is 81.3 Å². The summed E-state index contributed by atoms with van der Waals surface area (Å²) in [6.07, 6.45) is 6.14. The number of quaternary nitrogens is 1. The van der Waals surface area contributed by atoms with Gasteiger partial charge in [-0.2, -0.15) is 13.2 Å². The van der Waals surface area contributed by atoms with Crippen molar-refractivity contribution >= 4 is 17.7 Å². The lowest BCUT2D eigenvalue weighted by Gasteiger charge is -2.38. The number of hydrogen-bond acceptors (Lipinski definition) is 3. The Bertz CT molecular complexity index is 722. The van der Waals surface area contributed by atoms with Crippen LogP contribution in [0.25, 0.3) is 0 Å². The number of rotatable bonds is 9. The van der Waals surface area contributed by atoms with Gasteiger partial charge in [0.25, 0.3) is 0 Å². The average Bonchev–Trinajstić information content (AvgIpc) is 2.70. The van der Waals surface area contributed by atoms with Gasteiger partial charge in [-0.15, -0.1) is 0 Å². The van der Waals surface area contributed by atoms with Gasteiger partial charge in [-0.1, -0.05) is 51.2 Å². The van der Waals surface area contributed by atoms with Crippen molar-refractivity contribution in [3.05, 3.63) is 29.8 Å². The third-order valence-corrected chi connectivity index (χ3v) is 5.63. The van der Waals surface area contributed by atoms with Gasteiger partial charge in [0.05, 0.1) is 33.2 Å². The SMILES string of the molecule is CCCCCCCCc1ccc(NC(=O)NC2CCC[N+](C)(C)C2)cc1.O=C([O-])C(F)(F)F. The smallest absolute Gasteiger partial charge is 0.430 e. The molecule has 188 valence electrons. The summed E-state index contributed by atoms with van der Waals surface area (Å²) < 4.78 is 32.5. The van der Waals surface area contributed by atoms with E-state index in [1.807, 2.05) is 12.1 Å². The number of urea groups is 1. The minimum absolute atomic E-state index is 0.0828. The van der Waals surface area contributed by atoms with Crippen molar-refractivity contribution in [2.24, 2.45) is 0 Å². The third kappa shape index (κ3) is 13.1. The summed E-state index contributed by atoms with van der Waals surface area (Å²) in [5, 5.41) is 14.9. The summed E-state index contributed by atoms with van der Waals surface area (Å²) in [6, 6.07) is 8.51. The number of carbonyl (C=O) groups is 2. The summed E-state index contributed by atoms with van der Waals surface area (Å²) in [5.74, 6) is -3.01. The van der Waals surface area contributed by atoms with Gasteiger partial charge in [-0.25, -0.2) is 4.79 Å². The molecule has 2 N–H and O–H groups in total. The number of unbranched alkanes of at least 4 members (excludes halogenated alkanes) is 5. The van der Waals surface area contributed by atoms with Gasteiger partial charge in [0, 0.05) is 5.69 Å². The molecule has 1 aliphatic heterocycles. The van der Waals surface area contributed by atoms with E-state index in [2.05, 4.69) is 43.8 Å². The van der Waals surface area contributed by atoms with E-state index in [9.17, 15) is 18.0 Å². The van der Waals surface area contributed by atoms with Crippen molar-refractivity contribution in [1.29, 1.82) is 0 Å². The van der Waals surface area contributed by atoms with Crippen LogP contribution in [0, 0.1) is 0 Å². The largest absolute Gasteiger partial charge is 0.542 e. The Morgan fingerprint density at radius 2 is 1.64 bits per heavy atom. The van der Waals surface area contributed by atoms with Crippen LogP contribution in [0.1, 0.15) is 63.9 Å². The van der Waals surface area contributed by atoms with Crippen LogP contribution in [0.15, 0.2) is 24.3 Å². The molecule has 2 amide bonds. The molecule has 0 radical (unpaired) electrons. The van der Waals surface area contributed by atoms with Crippen LogP contribution in [0.5, 0.6) is 0 Å². The number of likely N-dealkylation sites (tertiary alicyclic amines) is 1. The maximum atomic E-state index is 12.2. The highest BCUT2D eigenvalue weighted by atomic mass is 19.4. The third-order valence-electron chi connectivity index (χ3n) is 5.63. The van der Waals surface area contributed by atoms with Crippen LogP contribution in [-0.2, 0) is 11.2 Å². The molecule has 1 fully saturated rings. The number of likely N-dealkylation sites (N-methyl/N-ethyl adjacent to an activating group) is 1. The highest BCUT2D eigenvalue weighted by molar-refractivity contribution is 5.89. The second-order valence-corrected chi connectivity index (χ2v) is 9.28. The number of hydrogen-bond donors (Lipinski definition) is 2. The molecule has 0 spiro atoms. The maximum Gasteiger partial charge on any atom is 0.430 e. The molecule has 1 saturated heterocycles. The fourth-order valence-corrected chi connectivity index (χ4v) is 3.88. The van der Waals surface area contributed by atoms with E-state index in [0.717, 1.165) is 29.6 Å². The van der Waals surface area contributed by atoms with Crippen molar-refractivity contribution in [3.63, 3.8) is 0 Å². The first-order valence-corrected chi connectivity index (χ1v) is 11.7. The summed E-state index contributed by atoms with van der Waals surface area (Å²) in [5.41, 5.74) is 2.23. The van der Waals surface area contributed by atoms with E-state index < -0.39 is 12.1 Å². The van der Waals surface area contributed by atoms with Gasteiger partial charge in [0.1, 0.15) is 5.97 Å². The first-order valence-electron chi connectivity index (χ1n) is 11.7. The zero-order chi connectivity index (χ0) is 24.9. The molecule has 1 aromatic rings. The summed E-state index contributed by atoms with van der Waals surface area (Å²) in [7, 11) is 4.46. The lowest BCUT2D eigenvalue weighted by molar-refractivity contribution is -0.896. The highest BCUT2D eigenvalue weighted by Gasteiger charge is 2.29. The number of halogens is 3. The fourth-order valence-electron chi connectivity index (χ4n) is 3.88. The minimum Gasteiger partial charge on any atom is -0.542 e. The van der Waals surface area contributed by atoms with Crippen LogP contribution in [0.4, 0.5) is 23.7 Å².